The summed E-state index contributed by atoms with van der Waals surface area (Å²) in [6.07, 6.45) is 0. The summed E-state index contributed by atoms with van der Waals surface area (Å²) in [6.45, 7) is 0. The van der Waals surface area contributed by atoms with Crippen molar-refractivity contribution in [2.75, 3.05) is 0 Å². The summed E-state index contributed by atoms with van der Waals surface area (Å²) in [5, 5.41) is 10.2. The Morgan fingerprint density at radius 3 is 1.33 bits per heavy atom. The Hall–Kier alpha value is -6.84. The highest BCUT2D eigenvalue weighted by Crippen LogP contribution is 2.42. The fourth-order valence-corrected chi connectivity index (χ4v) is 8.99. The third kappa shape index (κ3) is 3.57. The first kappa shape index (κ1) is 27.0. The summed E-state index contributed by atoms with van der Waals surface area (Å²) in [7, 11) is 0. The second-order valence-corrected chi connectivity index (χ2v) is 13.8. The number of fused-ring (bicyclic) bond motifs is 12. The largest absolute Gasteiger partial charge is 0.309 e. The molecule has 0 atom stereocenters. The minimum atomic E-state index is 1.16. The van der Waals surface area contributed by atoms with E-state index in [0.717, 1.165) is 5.69 Å². The predicted octanol–water partition coefficient (Wildman–Crippen LogP) is 12.7. The van der Waals surface area contributed by atoms with Crippen LogP contribution in [0.1, 0.15) is 0 Å². The highest BCUT2D eigenvalue weighted by atomic mass is 15.0. The van der Waals surface area contributed by atoms with Gasteiger partial charge in [-0.3, -0.25) is 0 Å². The summed E-state index contributed by atoms with van der Waals surface area (Å²) < 4.78 is 7.33. The zero-order valence-corrected chi connectivity index (χ0v) is 27.6. The van der Waals surface area contributed by atoms with E-state index in [1.165, 1.54) is 98.5 Å². The molecule has 3 nitrogen and oxygen atoms in total. The lowest BCUT2D eigenvalue weighted by Crippen LogP contribution is -1.95. The average molecular weight is 648 g/mol. The molecule has 0 spiro atoms. The standard InChI is InChI=1S/C48H29N3/c1-2-11-32(12-3-1)49-42-18-7-4-13-34(42)37-24-21-30(27-45(37)49)31-22-25-38-35-14-5-8-19-43(35)50(46(38)28-31)33-23-26-39-41-17-10-16-40-36-15-6-9-20-44(36)51(48(40)41)47(39)29-33/h1-29H. The summed E-state index contributed by atoms with van der Waals surface area (Å²) in [4.78, 5) is 0. The molecule has 0 saturated heterocycles. The quantitative estimate of drug-likeness (QED) is 0.181. The van der Waals surface area contributed by atoms with Gasteiger partial charge in [0.2, 0.25) is 0 Å². The van der Waals surface area contributed by atoms with Crippen molar-refractivity contribution in [2.45, 2.75) is 0 Å². The van der Waals surface area contributed by atoms with Gasteiger partial charge in [0.15, 0.2) is 0 Å². The average Bonchev–Trinajstić information content (AvgIpc) is 3.92. The van der Waals surface area contributed by atoms with Crippen LogP contribution in [0.2, 0.25) is 0 Å². The first-order valence-corrected chi connectivity index (χ1v) is 17.6. The van der Waals surface area contributed by atoms with Crippen LogP contribution < -0.4 is 0 Å². The fourth-order valence-electron chi connectivity index (χ4n) is 8.99. The molecule has 0 aliphatic carbocycles. The van der Waals surface area contributed by atoms with Crippen molar-refractivity contribution in [1.82, 2.24) is 13.5 Å². The van der Waals surface area contributed by atoms with E-state index in [2.05, 4.69) is 189 Å². The van der Waals surface area contributed by atoms with E-state index in [1.807, 2.05) is 0 Å². The highest BCUT2D eigenvalue weighted by molar-refractivity contribution is 6.23. The van der Waals surface area contributed by atoms with Crippen LogP contribution in [0.15, 0.2) is 176 Å². The second-order valence-electron chi connectivity index (χ2n) is 13.8. The molecule has 0 amide bonds. The van der Waals surface area contributed by atoms with Gasteiger partial charge in [-0.2, -0.15) is 0 Å². The molecular weight excluding hydrogens is 619 g/mol. The molecule has 0 unspecified atom stereocenters. The number of nitrogens with zero attached hydrogens (tertiary/aromatic N) is 3. The van der Waals surface area contributed by atoms with Gasteiger partial charge in [0.1, 0.15) is 0 Å². The molecule has 4 heterocycles. The Morgan fingerprint density at radius 1 is 0.255 bits per heavy atom. The van der Waals surface area contributed by atoms with Crippen LogP contribution in [-0.2, 0) is 0 Å². The van der Waals surface area contributed by atoms with Crippen LogP contribution in [0.5, 0.6) is 0 Å². The normalized spacial score (nSPS) is 12.3. The first-order chi connectivity index (χ1) is 25.3. The Morgan fingerprint density at radius 2 is 0.706 bits per heavy atom. The topological polar surface area (TPSA) is 14.3 Å². The number of rotatable bonds is 3. The number of hydrogen-bond donors (Lipinski definition) is 0. The van der Waals surface area contributed by atoms with Gasteiger partial charge in [0.25, 0.3) is 0 Å². The zero-order valence-electron chi connectivity index (χ0n) is 27.6. The Bertz CT molecular complexity index is 3360. The van der Waals surface area contributed by atoms with E-state index in [0.29, 0.717) is 0 Å². The van der Waals surface area contributed by atoms with Crippen molar-refractivity contribution >= 4 is 81.7 Å². The molecule has 0 bridgehead atoms. The van der Waals surface area contributed by atoms with Crippen molar-refractivity contribution in [3.8, 4) is 22.5 Å². The van der Waals surface area contributed by atoms with Crippen molar-refractivity contribution in [1.29, 1.82) is 0 Å². The van der Waals surface area contributed by atoms with Crippen LogP contribution in [-0.4, -0.2) is 13.5 Å². The van der Waals surface area contributed by atoms with Crippen LogP contribution in [0.4, 0.5) is 0 Å². The molecule has 0 radical (unpaired) electrons. The molecule has 4 aromatic heterocycles. The number of para-hydroxylation sites is 5. The molecule has 0 saturated carbocycles. The van der Waals surface area contributed by atoms with Crippen LogP contribution in [0.25, 0.3) is 104 Å². The molecule has 236 valence electrons. The van der Waals surface area contributed by atoms with E-state index in [9.17, 15) is 0 Å². The Labute approximate surface area is 292 Å². The molecule has 12 rings (SSSR count). The van der Waals surface area contributed by atoms with Crippen LogP contribution in [0.3, 0.4) is 0 Å². The van der Waals surface area contributed by atoms with Crippen molar-refractivity contribution < 1.29 is 0 Å². The van der Waals surface area contributed by atoms with Gasteiger partial charge in [-0.1, -0.05) is 121 Å². The molecule has 0 fully saturated rings. The van der Waals surface area contributed by atoms with Crippen LogP contribution >= 0.6 is 0 Å². The maximum absolute atomic E-state index is 2.47. The van der Waals surface area contributed by atoms with Gasteiger partial charge in [-0.15, -0.1) is 0 Å². The highest BCUT2D eigenvalue weighted by Gasteiger charge is 2.20. The summed E-state index contributed by atoms with van der Waals surface area (Å²) in [5.41, 5.74) is 13.4. The molecule has 0 aliphatic heterocycles. The lowest BCUT2D eigenvalue weighted by atomic mass is 10.0. The van der Waals surface area contributed by atoms with E-state index in [1.54, 1.807) is 0 Å². The zero-order chi connectivity index (χ0) is 33.2. The molecule has 12 aromatic rings. The molecule has 8 aromatic carbocycles. The van der Waals surface area contributed by atoms with Gasteiger partial charge in [-0.25, -0.2) is 0 Å². The van der Waals surface area contributed by atoms with Crippen molar-refractivity contribution in [3.05, 3.63) is 176 Å². The smallest absolute Gasteiger partial charge is 0.0620 e. The Balaban J connectivity index is 1.12. The minimum Gasteiger partial charge on any atom is -0.309 e. The molecule has 51 heavy (non-hydrogen) atoms. The minimum absolute atomic E-state index is 1.16. The molecule has 0 N–H and O–H groups in total. The first-order valence-electron chi connectivity index (χ1n) is 17.6. The summed E-state index contributed by atoms with van der Waals surface area (Å²) in [6, 6.07) is 64.7. The van der Waals surface area contributed by atoms with E-state index in [-0.39, 0.29) is 0 Å². The van der Waals surface area contributed by atoms with Crippen LogP contribution in [0, 0.1) is 0 Å². The third-order valence-corrected chi connectivity index (χ3v) is 11.2. The van der Waals surface area contributed by atoms with Crippen molar-refractivity contribution in [3.63, 3.8) is 0 Å². The maximum Gasteiger partial charge on any atom is 0.0620 e. The summed E-state index contributed by atoms with van der Waals surface area (Å²) >= 11 is 0. The van der Waals surface area contributed by atoms with Gasteiger partial charge in [-0.05, 0) is 65.7 Å². The number of benzene rings is 8. The fraction of sp³-hybridized carbons (Fsp3) is 0. The lowest BCUT2D eigenvalue weighted by molar-refractivity contribution is 1.18. The SMILES string of the molecule is c1ccc(-n2c3ccccc3c3ccc(-c4ccc5c6ccccc6n(-c6ccc7c8cccc9c%10ccccc%10n(c7c6)c98)c5c4)cc32)cc1. The molecular formula is C48H29N3. The predicted molar refractivity (Wildman–Crippen MR) is 215 cm³/mol. The number of hydrogen-bond acceptors (Lipinski definition) is 0. The van der Waals surface area contributed by atoms with Crippen molar-refractivity contribution in [2.24, 2.45) is 0 Å². The van der Waals surface area contributed by atoms with Gasteiger partial charge in [0, 0.05) is 54.5 Å². The molecule has 0 aliphatic rings. The third-order valence-electron chi connectivity index (χ3n) is 11.2. The molecule has 3 heteroatoms. The van der Waals surface area contributed by atoms with E-state index >= 15 is 0 Å². The van der Waals surface area contributed by atoms with Gasteiger partial charge < -0.3 is 13.5 Å². The van der Waals surface area contributed by atoms with E-state index < -0.39 is 0 Å². The monoisotopic (exact) mass is 647 g/mol. The lowest BCUT2D eigenvalue weighted by Gasteiger charge is -2.11. The van der Waals surface area contributed by atoms with Gasteiger partial charge in [0.05, 0.1) is 38.6 Å². The number of aromatic nitrogens is 3. The van der Waals surface area contributed by atoms with Gasteiger partial charge >= 0.3 is 0 Å². The summed E-state index contributed by atoms with van der Waals surface area (Å²) in [5.74, 6) is 0. The maximum atomic E-state index is 2.47. The Kier molecular flexibility index (Phi) is 5.23. The second kappa shape index (κ2) is 9.87. The van der Waals surface area contributed by atoms with E-state index in [4.69, 9.17) is 0 Å².